The highest BCUT2D eigenvalue weighted by Crippen LogP contribution is 2.31. The van der Waals surface area contributed by atoms with Crippen molar-refractivity contribution < 1.29 is 9.90 Å². The lowest BCUT2D eigenvalue weighted by atomic mass is 10.1. The molecule has 0 atom stereocenters. The topological polar surface area (TPSA) is 94.1 Å². The maximum Gasteiger partial charge on any atom is 0.335 e. The summed E-state index contributed by atoms with van der Waals surface area (Å²) in [5.41, 5.74) is 3.65. The van der Waals surface area contributed by atoms with Gasteiger partial charge in [-0.3, -0.25) is 0 Å². The van der Waals surface area contributed by atoms with Crippen LogP contribution in [0.5, 0.6) is 0 Å². The number of hydrogen-bond acceptors (Lipinski definition) is 5. The molecule has 0 spiro atoms. The highest BCUT2D eigenvalue weighted by Gasteiger charge is 2.14. The predicted molar refractivity (Wildman–Crippen MR) is 102 cm³/mol. The molecule has 0 bridgehead atoms. The van der Waals surface area contributed by atoms with Crippen molar-refractivity contribution in [3.05, 3.63) is 54.4 Å². The van der Waals surface area contributed by atoms with Gasteiger partial charge in [-0.05, 0) is 36.4 Å². The first-order chi connectivity index (χ1) is 12.5. The normalized spacial score (nSPS) is 11.0. The van der Waals surface area contributed by atoms with Crippen LogP contribution in [0.15, 0.2) is 48.8 Å². The van der Waals surface area contributed by atoms with Crippen LogP contribution in [0.1, 0.15) is 10.4 Å². The van der Waals surface area contributed by atoms with Crippen LogP contribution in [0.3, 0.4) is 0 Å². The van der Waals surface area contributed by atoms with Gasteiger partial charge in [-0.1, -0.05) is 6.07 Å². The average Bonchev–Trinajstić information content (AvgIpc) is 3.00. The highest BCUT2D eigenvalue weighted by atomic mass is 16.4. The number of nitrogens with zero attached hydrogens (tertiary/aromatic N) is 3. The molecule has 0 aliphatic carbocycles. The van der Waals surface area contributed by atoms with Gasteiger partial charge in [-0.2, -0.15) is 0 Å². The first kappa shape index (κ1) is 15.9. The molecule has 0 amide bonds. The minimum Gasteiger partial charge on any atom is -0.478 e. The van der Waals surface area contributed by atoms with Crippen molar-refractivity contribution >= 4 is 45.1 Å². The Labute approximate surface area is 149 Å². The van der Waals surface area contributed by atoms with Gasteiger partial charge in [0, 0.05) is 36.4 Å². The third kappa shape index (κ3) is 2.69. The van der Waals surface area contributed by atoms with Gasteiger partial charge in [0.15, 0.2) is 0 Å². The van der Waals surface area contributed by atoms with Gasteiger partial charge in [0.2, 0.25) is 0 Å². The summed E-state index contributed by atoms with van der Waals surface area (Å²) in [5.74, 6) is -0.342. The Bertz CT molecular complexity index is 1130. The van der Waals surface area contributed by atoms with Crippen molar-refractivity contribution in [2.75, 3.05) is 24.3 Å². The fourth-order valence-corrected chi connectivity index (χ4v) is 2.95. The molecule has 7 heteroatoms. The van der Waals surface area contributed by atoms with Gasteiger partial charge >= 0.3 is 5.97 Å². The largest absolute Gasteiger partial charge is 0.478 e. The number of rotatable bonds is 4. The fourth-order valence-electron chi connectivity index (χ4n) is 2.95. The second-order valence-electron chi connectivity index (χ2n) is 6.21. The third-order valence-corrected chi connectivity index (χ3v) is 4.26. The molecule has 0 radical (unpaired) electrons. The molecule has 2 aromatic carbocycles. The predicted octanol–water partition coefficient (Wildman–Crippen LogP) is 3.62. The summed E-state index contributed by atoms with van der Waals surface area (Å²) in [6.07, 6.45) is 1.48. The smallest absolute Gasteiger partial charge is 0.335 e. The summed E-state index contributed by atoms with van der Waals surface area (Å²) in [7, 11) is 3.96. The number of aromatic amines is 1. The molecular weight excluding hydrogens is 330 g/mol. The Kier molecular flexibility index (Phi) is 3.69. The number of carbonyl (C=O) groups is 1. The van der Waals surface area contributed by atoms with E-state index in [-0.39, 0.29) is 5.56 Å². The molecule has 4 rings (SSSR count). The summed E-state index contributed by atoms with van der Waals surface area (Å²) in [4.78, 5) is 25.2. The zero-order chi connectivity index (χ0) is 18.3. The van der Waals surface area contributed by atoms with E-state index in [2.05, 4.69) is 20.3 Å². The Morgan fingerprint density at radius 1 is 1.15 bits per heavy atom. The molecule has 4 aromatic rings. The first-order valence-corrected chi connectivity index (χ1v) is 8.07. The SMILES string of the molecule is CN(C)c1cccc(Nc2ncnc3[nH]c4ccc(C(=O)O)cc4c23)c1. The zero-order valence-electron chi connectivity index (χ0n) is 14.3. The van der Waals surface area contributed by atoms with Gasteiger partial charge in [-0.25, -0.2) is 14.8 Å². The number of carboxylic acids is 1. The molecule has 3 N–H and O–H groups in total. The molecule has 0 fully saturated rings. The van der Waals surface area contributed by atoms with E-state index in [9.17, 15) is 9.90 Å². The number of benzene rings is 2. The maximum absolute atomic E-state index is 11.3. The van der Waals surface area contributed by atoms with Crippen LogP contribution in [0, 0.1) is 0 Å². The van der Waals surface area contributed by atoms with Gasteiger partial charge in [0.1, 0.15) is 17.8 Å². The molecule has 0 aliphatic rings. The molecule has 0 unspecified atom stereocenters. The highest BCUT2D eigenvalue weighted by molar-refractivity contribution is 6.13. The maximum atomic E-state index is 11.3. The van der Waals surface area contributed by atoms with Gasteiger partial charge in [-0.15, -0.1) is 0 Å². The van der Waals surface area contributed by atoms with E-state index in [4.69, 9.17) is 0 Å². The lowest BCUT2D eigenvalue weighted by Gasteiger charge is -2.14. The van der Waals surface area contributed by atoms with Crippen LogP contribution in [0.2, 0.25) is 0 Å². The Hall–Kier alpha value is -3.61. The van der Waals surface area contributed by atoms with Crippen LogP contribution >= 0.6 is 0 Å². The summed E-state index contributed by atoms with van der Waals surface area (Å²) in [6, 6.07) is 12.9. The van der Waals surface area contributed by atoms with E-state index in [0.29, 0.717) is 11.5 Å². The molecule has 0 saturated carbocycles. The quantitative estimate of drug-likeness (QED) is 0.522. The van der Waals surface area contributed by atoms with Crippen molar-refractivity contribution in [3.8, 4) is 0 Å². The number of carboxylic acid groups (broad SMARTS) is 1. The van der Waals surface area contributed by atoms with Crippen molar-refractivity contribution in [1.29, 1.82) is 0 Å². The summed E-state index contributed by atoms with van der Waals surface area (Å²) in [6.45, 7) is 0. The summed E-state index contributed by atoms with van der Waals surface area (Å²) >= 11 is 0. The molecule has 7 nitrogen and oxygen atoms in total. The number of anilines is 3. The van der Waals surface area contributed by atoms with E-state index < -0.39 is 5.97 Å². The van der Waals surface area contributed by atoms with Gasteiger partial charge in [0.05, 0.1) is 10.9 Å². The molecular formula is C19H17N5O2. The second-order valence-corrected chi connectivity index (χ2v) is 6.21. The van der Waals surface area contributed by atoms with Crippen LogP contribution in [0.4, 0.5) is 17.2 Å². The molecule has 0 aliphatic heterocycles. The van der Waals surface area contributed by atoms with E-state index in [1.54, 1.807) is 18.2 Å². The number of aromatic nitrogens is 3. The lowest BCUT2D eigenvalue weighted by Crippen LogP contribution is -2.08. The second kappa shape index (κ2) is 6.03. The van der Waals surface area contributed by atoms with Crippen molar-refractivity contribution in [3.63, 3.8) is 0 Å². The fraction of sp³-hybridized carbons (Fsp3) is 0.105. The lowest BCUT2D eigenvalue weighted by molar-refractivity contribution is 0.0697. The van der Waals surface area contributed by atoms with Crippen LogP contribution < -0.4 is 10.2 Å². The van der Waals surface area contributed by atoms with E-state index >= 15 is 0 Å². The minimum atomic E-state index is -0.966. The van der Waals surface area contributed by atoms with E-state index in [1.807, 2.05) is 43.3 Å². The molecule has 0 saturated heterocycles. The Morgan fingerprint density at radius 3 is 2.77 bits per heavy atom. The van der Waals surface area contributed by atoms with E-state index in [0.717, 1.165) is 27.7 Å². The summed E-state index contributed by atoms with van der Waals surface area (Å²) in [5, 5.41) is 14.1. The van der Waals surface area contributed by atoms with Crippen LogP contribution in [-0.4, -0.2) is 40.1 Å². The van der Waals surface area contributed by atoms with Crippen LogP contribution in [-0.2, 0) is 0 Å². The number of aromatic carboxylic acids is 1. The molecule has 2 heterocycles. The first-order valence-electron chi connectivity index (χ1n) is 8.07. The van der Waals surface area contributed by atoms with Crippen molar-refractivity contribution in [2.24, 2.45) is 0 Å². The minimum absolute atomic E-state index is 0.225. The number of H-pyrrole nitrogens is 1. The standard InChI is InChI=1S/C19H17N5O2/c1-24(2)13-5-3-4-12(9-13)22-17-16-14-8-11(19(25)26)6-7-15(14)23-18(16)21-10-20-17/h3-10H,1-2H3,(H,25,26)(H2,20,21,22,23). The zero-order valence-corrected chi connectivity index (χ0v) is 14.3. The average molecular weight is 347 g/mol. The van der Waals surface area contributed by atoms with Crippen LogP contribution in [0.25, 0.3) is 21.9 Å². The number of hydrogen-bond donors (Lipinski definition) is 3. The Morgan fingerprint density at radius 2 is 2.00 bits per heavy atom. The molecule has 26 heavy (non-hydrogen) atoms. The number of nitrogens with one attached hydrogen (secondary N) is 2. The Balaban J connectivity index is 1.87. The van der Waals surface area contributed by atoms with E-state index in [1.165, 1.54) is 6.33 Å². The molecule has 130 valence electrons. The molecule has 2 aromatic heterocycles. The van der Waals surface area contributed by atoms with Crippen molar-refractivity contribution in [1.82, 2.24) is 15.0 Å². The number of fused-ring (bicyclic) bond motifs is 3. The van der Waals surface area contributed by atoms with Crippen molar-refractivity contribution in [2.45, 2.75) is 0 Å². The van der Waals surface area contributed by atoms with Gasteiger partial charge in [0.25, 0.3) is 0 Å². The monoisotopic (exact) mass is 347 g/mol. The third-order valence-electron chi connectivity index (χ3n) is 4.26. The summed E-state index contributed by atoms with van der Waals surface area (Å²) < 4.78 is 0. The van der Waals surface area contributed by atoms with Gasteiger partial charge < -0.3 is 20.3 Å².